The van der Waals surface area contributed by atoms with Crippen molar-refractivity contribution in [3.8, 4) is 0 Å². The van der Waals surface area contributed by atoms with Gasteiger partial charge in [-0.1, -0.05) is 11.6 Å². The third-order valence-corrected chi connectivity index (χ3v) is 1.93. The highest BCUT2D eigenvalue weighted by Crippen LogP contribution is 2.06. The van der Waals surface area contributed by atoms with Gasteiger partial charge in [-0.2, -0.15) is 5.10 Å². The highest BCUT2D eigenvalue weighted by molar-refractivity contribution is 6.29. The molecule has 1 N–H and O–H groups in total. The highest BCUT2D eigenvalue weighted by Gasteiger charge is 2.02. The topological polar surface area (TPSA) is 29.9 Å². The van der Waals surface area contributed by atoms with Gasteiger partial charge in [-0.25, -0.2) is 0 Å². The quantitative estimate of drug-likeness (QED) is 0.743. The molecular formula is C7H12ClN3. The first-order chi connectivity index (χ1) is 5.24. The third kappa shape index (κ3) is 2.20. The van der Waals surface area contributed by atoms with Gasteiger partial charge in [0, 0.05) is 6.04 Å². The van der Waals surface area contributed by atoms with Crippen LogP contribution in [0.2, 0.25) is 5.15 Å². The van der Waals surface area contributed by atoms with Gasteiger partial charge in [0.1, 0.15) is 5.15 Å². The minimum Gasteiger partial charge on any atom is -0.315 e. The molecule has 0 aromatic carbocycles. The zero-order valence-electron chi connectivity index (χ0n) is 6.71. The molecule has 0 aliphatic rings. The number of aromatic nitrogens is 2. The Morgan fingerprint density at radius 3 is 3.00 bits per heavy atom. The molecule has 0 saturated carbocycles. The molecule has 0 spiro atoms. The second-order valence-electron chi connectivity index (χ2n) is 2.53. The smallest absolute Gasteiger partial charge is 0.127 e. The molecule has 0 bridgehead atoms. The van der Waals surface area contributed by atoms with E-state index in [1.54, 1.807) is 16.9 Å². The lowest BCUT2D eigenvalue weighted by molar-refractivity contribution is 0.482. The maximum absolute atomic E-state index is 5.81. The van der Waals surface area contributed by atoms with Crippen LogP contribution < -0.4 is 5.32 Å². The van der Waals surface area contributed by atoms with Crippen molar-refractivity contribution in [1.82, 2.24) is 15.1 Å². The van der Waals surface area contributed by atoms with Crippen molar-refractivity contribution in [3.05, 3.63) is 17.4 Å². The fourth-order valence-corrected chi connectivity index (χ4v) is 0.971. The minimum absolute atomic E-state index is 0.396. The van der Waals surface area contributed by atoms with E-state index in [9.17, 15) is 0 Å². The van der Waals surface area contributed by atoms with Crippen molar-refractivity contribution in [2.75, 3.05) is 7.05 Å². The fourth-order valence-electron chi connectivity index (χ4n) is 0.802. The number of rotatable bonds is 3. The first-order valence-electron chi connectivity index (χ1n) is 3.58. The Bertz CT molecular complexity index is 221. The number of likely N-dealkylation sites (N-methyl/N-ethyl adjacent to an activating group) is 1. The molecule has 0 aliphatic heterocycles. The van der Waals surface area contributed by atoms with Crippen LogP contribution in [0, 0.1) is 0 Å². The highest BCUT2D eigenvalue weighted by atomic mass is 35.5. The summed E-state index contributed by atoms with van der Waals surface area (Å²) in [7, 11) is 1.92. The maximum atomic E-state index is 5.81. The molecule has 1 aromatic heterocycles. The molecule has 0 fully saturated rings. The van der Waals surface area contributed by atoms with Crippen LogP contribution in [0.3, 0.4) is 0 Å². The molecular weight excluding hydrogens is 162 g/mol. The summed E-state index contributed by atoms with van der Waals surface area (Å²) >= 11 is 5.81. The van der Waals surface area contributed by atoms with E-state index in [0.29, 0.717) is 11.2 Å². The lowest BCUT2D eigenvalue weighted by Gasteiger charge is -2.10. The van der Waals surface area contributed by atoms with Gasteiger partial charge in [-0.05, 0) is 20.0 Å². The molecule has 0 radical (unpaired) electrons. The van der Waals surface area contributed by atoms with Crippen molar-refractivity contribution in [2.45, 2.75) is 19.5 Å². The monoisotopic (exact) mass is 173 g/mol. The van der Waals surface area contributed by atoms with Crippen LogP contribution in [-0.4, -0.2) is 22.9 Å². The van der Waals surface area contributed by atoms with Crippen LogP contribution in [-0.2, 0) is 6.54 Å². The van der Waals surface area contributed by atoms with E-state index in [0.717, 1.165) is 6.54 Å². The van der Waals surface area contributed by atoms with Gasteiger partial charge in [-0.3, -0.25) is 4.68 Å². The van der Waals surface area contributed by atoms with Crippen LogP contribution in [0.15, 0.2) is 12.3 Å². The Morgan fingerprint density at radius 2 is 2.55 bits per heavy atom. The van der Waals surface area contributed by atoms with Crippen molar-refractivity contribution in [2.24, 2.45) is 0 Å². The molecule has 4 heteroatoms. The number of nitrogens with zero attached hydrogens (tertiary/aromatic N) is 2. The lowest BCUT2D eigenvalue weighted by Crippen LogP contribution is -2.27. The largest absolute Gasteiger partial charge is 0.315 e. The predicted octanol–water partition coefficient (Wildman–Crippen LogP) is 1.14. The molecule has 1 unspecified atom stereocenters. The Kier molecular flexibility index (Phi) is 2.91. The van der Waals surface area contributed by atoms with Crippen LogP contribution in [0.1, 0.15) is 6.92 Å². The number of halogens is 1. The van der Waals surface area contributed by atoms with Crippen LogP contribution >= 0.6 is 11.6 Å². The summed E-state index contributed by atoms with van der Waals surface area (Å²) in [6.45, 7) is 2.89. The standard InChI is InChI=1S/C7H12ClN3/c1-6(9-2)5-11-7(8)3-4-10-11/h3-4,6,9H,5H2,1-2H3. The van der Waals surface area contributed by atoms with E-state index in [1.165, 1.54) is 0 Å². The molecule has 1 aromatic rings. The molecule has 1 heterocycles. The number of hydrogen-bond acceptors (Lipinski definition) is 2. The molecule has 62 valence electrons. The van der Waals surface area contributed by atoms with Gasteiger partial charge in [-0.15, -0.1) is 0 Å². The van der Waals surface area contributed by atoms with E-state index in [1.807, 2.05) is 7.05 Å². The van der Waals surface area contributed by atoms with Crippen molar-refractivity contribution >= 4 is 11.6 Å². The molecule has 11 heavy (non-hydrogen) atoms. The first kappa shape index (κ1) is 8.56. The van der Waals surface area contributed by atoms with Gasteiger partial charge in [0.2, 0.25) is 0 Å². The second kappa shape index (κ2) is 3.74. The maximum Gasteiger partial charge on any atom is 0.127 e. The van der Waals surface area contributed by atoms with E-state index in [-0.39, 0.29) is 0 Å². The van der Waals surface area contributed by atoms with Crippen LogP contribution in [0.25, 0.3) is 0 Å². The van der Waals surface area contributed by atoms with Crippen LogP contribution in [0.5, 0.6) is 0 Å². The van der Waals surface area contributed by atoms with Gasteiger partial charge in [0.15, 0.2) is 0 Å². The summed E-state index contributed by atoms with van der Waals surface area (Å²) < 4.78 is 1.77. The second-order valence-corrected chi connectivity index (χ2v) is 2.91. The zero-order valence-corrected chi connectivity index (χ0v) is 7.47. The molecule has 1 atom stereocenters. The average Bonchev–Trinajstić information content (AvgIpc) is 2.37. The molecule has 3 nitrogen and oxygen atoms in total. The Labute approximate surface area is 71.4 Å². The third-order valence-electron chi connectivity index (χ3n) is 1.60. The molecule has 0 aliphatic carbocycles. The molecule has 1 rings (SSSR count). The summed E-state index contributed by atoms with van der Waals surface area (Å²) in [4.78, 5) is 0. The van der Waals surface area contributed by atoms with E-state index >= 15 is 0 Å². The normalized spacial score (nSPS) is 13.4. The van der Waals surface area contributed by atoms with Crippen molar-refractivity contribution < 1.29 is 0 Å². The van der Waals surface area contributed by atoms with Crippen LogP contribution in [0.4, 0.5) is 0 Å². The number of hydrogen-bond donors (Lipinski definition) is 1. The Hall–Kier alpha value is -0.540. The lowest BCUT2D eigenvalue weighted by atomic mass is 10.3. The Morgan fingerprint density at radius 1 is 1.82 bits per heavy atom. The fraction of sp³-hybridized carbons (Fsp3) is 0.571. The summed E-state index contributed by atoms with van der Waals surface area (Å²) in [5.41, 5.74) is 0. The SMILES string of the molecule is CNC(C)Cn1nccc1Cl. The summed E-state index contributed by atoms with van der Waals surface area (Å²) in [6, 6.07) is 2.18. The van der Waals surface area contributed by atoms with Crippen molar-refractivity contribution in [1.29, 1.82) is 0 Å². The average molecular weight is 174 g/mol. The van der Waals surface area contributed by atoms with Gasteiger partial charge < -0.3 is 5.32 Å². The number of nitrogens with one attached hydrogen (secondary N) is 1. The minimum atomic E-state index is 0.396. The van der Waals surface area contributed by atoms with E-state index in [4.69, 9.17) is 11.6 Å². The summed E-state index contributed by atoms with van der Waals surface area (Å²) in [6.07, 6.45) is 1.70. The first-order valence-corrected chi connectivity index (χ1v) is 3.96. The molecule has 0 saturated heterocycles. The zero-order chi connectivity index (χ0) is 8.27. The summed E-state index contributed by atoms with van der Waals surface area (Å²) in [5, 5.41) is 7.85. The van der Waals surface area contributed by atoms with E-state index < -0.39 is 0 Å². The predicted molar refractivity (Wildman–Crippen MR) is 45.8 cm³/mol. The van der Waals surface area contributed by atoms with Gasteiger partial charge in [0.25, 0.3) is 0 Å². The van der Waals surface area contributed by atoms with E-state index in [2.05, 4.69) is 17.3 Å². The van der Waals surface area contributed by atoms with Crippen molar-refractivity contribution in [3.63, 3.8) is 0 Å². The summed E-state index contributed by atoms with van der Waals surface area (Å²) in [5.74, 6) is 0. The van der Waals surface area contributed by atoms with Gasteiger partial charge >= 0.3 is 0 Å². The molecule has 0 amide bonds. The van der Waals surface area contributed by atoms with Gasteiger partial charge in [0.05, 0.1) is 12.7 Å². The Balaban J connectivity index is 2.56.